The molecule has 5 fully saturated rings. The highest BCUT2D eigenvalue weighted by Crippen LogP contribution is 2.70. The zero-order valence-corrected chi connectivity index (χ0v) is 20.8. The molecule has 0 bridgehead atoms. The topological polar surface area (TPSA) is 57.3 Å². The predicted octanol–water partition coefficient (Wildman–Crippen LogP) is 5.21. The number of hydrogen-bond acceptors (Lipinski definition) is 5. The van der Waals surface area contributed by atoms with Crippen molar-refractivity contribution in [3.05, 3.63) is 0 Å². The van der Waals surface area contributed by atoms with Gasteiger partial charge in [-0.15, -0.1) is 0 Å². The van der Waals surface area contributed by atoms with Crippen LogP contribution in [0.5, 0.6) is 0 Å². The molecule has 5 heteroatoms. The van der Waals surface area contributed by atoms with Crippen molar-refractivity contribution in [2.24, 2.45) is 46.3 Å². The number of hydrogen-bond donors (Lipinski definition) is 0. The third kappa shape index (κ3) is 3.56. The van der Waals surface area contributed by atoms with Crippen molar-refractivity contribution in [2.45, 2.75) is 96.9 Å². The average molecular weight is 449 g/mol. The molecule has 182 valence electrons. The van der Waals surface area contributed by atoms with E-state index in [1.165, 1.54) is 45.6 Å². The maximum Gasteiger partial charge on any atom is 0.305 e. The van der Waals surface area contributed by atoms with E-state index in [9.17, 15) is 4.79 Å². The summed E-state index contributed by atoms with van der Waals surface area (Å²) in [5.41, 5.74) is 0.743. The number of fused-ring (bicyclic) bond motifs is 7. The van der Waals surface area contributed by atoms with Gasteiger partial charge in [0.15, 0.2) is 0 Å². The van der Waals surface area contributed by atoms with Gasteiger partial charge in [-0.25, -0.2) is 0 Å². The highest BCUT2D eigenvalue weighted by molar-refractivity contribution is 5.69. The fourth-order valence-electron chi connectivity index (χ4n) is 9.47. The SMILES string of the molecule is COCOC1C[C@@H]2[C@H]3O[C@H]3CC[C@]2(C)C2CC[C@@]3(C)C(CC[C@@H]3[C@H](C)CCC(=O)OC)C12. The number of methoxy groups -OCH3 is 2. The lowest BCUT2D eigenvalue weighted by atomic mass is 9.44. The number of carbonyl (C=O) groups is 1. The standard InChI is InChI=1S/C27H44O5/c1-16(6-9-23(28)30-5)17-7-8-18-24-19(10-12-26(17,18)2)27(3)13-11-21-25(32-21)20(27)14-22(24)31-15-29-4/h16-22,24-25H,6-15H2,1-5H3/t16-,17-,18?,19?,20-,21+,22?,24?,25-,26-,27-/m1/s1. The molecule has 0 aromatic rings. The number of esters is 1. The second-order valence-electron chi connectivity index (χ2n) is 12.2. The Morgan fingerprint density at radius 1 is 1.03 bits per heavy atom. The normalized spacial score (nSPS) is 49.9. The summed E-state index contributed by atoms with van der Waals surface area (Å²) in [5.74, 6) is 3.88. The van der Waals surface area contributed by atoms with Gasteiger partial charge in [-0.1, -0.05) is 20.8 Å². The van der Waals surface area contributed by atoms with Crippen LogP contribution in [0.25, 0.3) is 0 Å². The van der Waals surface area contributed by atoms with Crippen LogP contribution in [-0.4, -0.2) is 45.3 Å². The quantitative estimate of drug-likeness (QED) is 0.304. The smallest absolute Gasteiger partial charge is 0.305 e. The third-order valence-corrected chi connectivity index (χ3v) is 11.1. The van der Waals surface area contributed by atoms with Crippen molar-refractivity contribution in [3.63, 3.8) is 0 Å². The zero-order valence-electron chi connectivity index (χ0n) is 20.8. The summed E-state index contributed by atoms with van der Waals surface area (Å²) >= 11 is 0. The maximum atomic E-state index is 11.8. The fraction of sp³-hybridized carbons (Fsp3) is 0.963. The molecule has 0 aromatic carbocycles. The second-order valence-corrected chi connectivity index (χ2v) is 12.2. The molecular formula is C27H44O5. The molecule has 1 aliphatic heterocycles. The first-order chi connectivity index (χ1) is 15.3. The van der Waals surface area contributed by atoms with E-state index in [-0.39, 0.29) is 12.1 Å². The Hall–Kier alpha value is -0.650. The summed E-state index contributed by atoms with van der Waals surface area (Å²) in [6.07, 6.45) is 11.7. The molecule has 1 heterocycles. The van der Waals surface area contributed by atoms with E-state index in [1.807, 2.05) is 0 Å². The summed E-state index contributed by atoms with van der Waals surface area (Å²) in [4.78, 5) is 11.8. The predicted molar refractivity (Wildman–Crippen MR) is 122 cm³/mol. The lowest BCUT2D eigenvalue weighted by Gasteiger charge is -2.62. The molecule has 0 amide bonds. The van der Waals surface area contributed by atoms with E-state index in [0.29, 0.717) is 65.8 Å². The van der Waals surface area contributed by atoms with Crippen LogP contribution in [0.2, 0.25) is 0 Å². The number of carbonyl (C=O) groups excluding carboxylic acids is 1. The molecule has 4 saturated carbocycles. The van der Waals surface area contributed by atoms with E-state index < -0.39 is 0 Å². The van der Waals surface area contributed by atoms with Crippen LogP contribution < -0.4 is 0 Å². The van der Waals surface area contributed by atoms with Gasteiger partial charge in [0.2, 0.25) is 0 Å². The van der Waals surface area contributed by atoms with Crippen molar-refractivity contribution in [2.75, 3.05) is 21.0 Å². The van der Waals surface area contributed by atoms with E-state index in [1.54, 1.807) is 7.11 Å². The first-order valence-electron chi connectivity index (χ1n) is 13.2. The number of ether oxygens (including phenoxy) is 4. The van der Waals surface area contributed by atoms with Crippen LogP contribution in [0.1, 0.15) is 78.6 Å². The van der Waals surface area contributed by atoms with Crippen molar-refractivity contribution in [1.29, 1.82) is 0 Å². The molecule has 0 aromatic heterocycles. The Morgan fingerprint density at radius 2 is 1.78 bits per heavy atom. The first kappa shape index (κ1) is 23.1. The summed E-state index contributed by atoms with van der Waals surface area (Å²) in [5, 5.41) is 0. The fourth-order valence-corrected chi connectivity index (χ4v) is 9.47. The number of rotatable bonds is 7. The van der Waals surface area contributed by atoms with Gasteiger partial charge in [-0.2, -0.15) is 0 Å². The minimum Gasteiger partial charge on any atom is -0.469 e. The highest BCUT2D eigenvalue weighted by Gasteiger charge is 2.67. The molecule has 5 nitrogen and oxygen atoms in total. The van der Waals surface area contributed by atoms with Crippen LogP contribution in [0, 0.1) is 46.3 Å². The molecule has 0 radical (unpaired) electrons. The number of epoxide rings is 1. The van der Waals surface area contributed by atoms with E-state index >= 15 is 0 Å². The van der Waals surface area contributed by atoms with Gasteiger partial charge in [-0.05, 0) is 97.7 Å². The van der Waals surface area contributed by atoms with Crippen LogP contribution in [0.3, 0.4) is 0 Å². The van der Waals surface area contributed by atoms with E-state index in [0.717, 1.165) is 18.8 Å². The van der Waals surface area contributed by atoms with Crippen LogP contribution in [-0.2, 0) is 23.7 Å². The van der Waals surface area contributed by atoms with Gasteiger partial charge >= 0.3 is 5.97 Å². The van der Waals surface area contributed by atoms with Crippen LogP contribution in [0.4, 0.5) is 0 Å². The molecule has 4 aliphatic carbocycles. The summed E-state index contributed by atoms with van der Waals surface area (Å²) in [7, 11) is 3.24. The summed E-state index contributed by atoms with van der Waals surface area (Å²) in [6, 6.07) is 0. The van der Waals surface area contributed by atoms with Crippen LogP contribution in [0.15, 0.2) is 0 Å². The molecular weight excluding hydrogens is 404 g/mol. The average Bonchev–Trinajstić information content (AvgIpc) is 3.49. The Labute approximate surface area is 194 Å². The molecule has 4 unspecified atom stereocenters. The van der Waals surface area contributed by atoms with E-state index in [2.05, 4.69) is 20.8 Å². The molecule has 0 spiro atoms. The van der Waals surface area contributed by atoms with Crippen molar-refractivity contribution < 1.29 is 23.7 Å². The minimum absolute atomic E-state index is 0.0718. The zero-order chi connectivity index (χ0) is 22.7. The first-order valence-corrected chi connectivity index (χ1v) is 13.2. The molecule has 32 heavy (non-hydrogen) atoms. The minimum atomic E-state index is -0.0718. The Balaban J connectivity index is 1.39. The lowest BCUT2D eigenvalue weighted by Crippen LogP contribution is -2.59. The summed E-state index contributed by atoms with van der Waals surface area (Å²) in [6.45, 7) is 7.93. The van der Waals surface area contributed by atoms with Gasteiger partial charge < -0.3 is 18.9 Å². The summed E-state index contributed by atoms with van der Waals surface area (Å²) < 4.78 is 22.9. The second kappa shape index (κ2) is 8.53. The third-order valence-electron chi connectivity index (χ3n) is 11.1. The van der Waals surface area contributed by atoms with Crippen molar-refractivity contribution in [3.8, 4) is 0 Å². The Kier molecular flexibility index (Phi) is 6.16. The largest absolute Gasteiger partial charge is 0.469 e. The van der Waals surface area contributed by atoms with Crippen molar-refractivity contribution >= 4 is 5.97 Å². The van der Waals surface area contributed by atoms with Gasteiger partial charge in [0.1, 0.15) is 6.79 Å². The maximum absolute atomic E-state index is 11.8. The Bertz CT molecular complexity index is 710. The molecule has 5 aliphatic rings. The highest BCUT2D eigenvalue weighted by atomic mass is 16.7. The monoisotopic (exact) mass is 448 g/mol. The molecule has 5 rings (SSSR count). The van der Waals surface area contributed by atoms with Gasteiger partial charge in [0.05, 0.1) is 25.4 Å². The van der Waals surface area contributed by atoms with Crippen molar-refractivity contribution in [1.82, 2.24) is 0 Å². The molecule has 1 saturated heterocycles. The van der Waals surface area contributed by atoms with E-state index in [4.69, 9.17) is 18.9 Å². The molecule has 0 N–H and O–H groups in total. The van der Waals surface area contributed by atoms with Gasteiger partial charge in [-0.3, -0.25) is 4.79 Å². The molecule has 11 atom stereocenters. The van der Waals surface area contributed by atoms with Gasteiger partial charge in [0, 0.05) is 13.5 Å². The van der Waals surface area contributed by atoms with Crippen LogP contribution >= 0.6 is 0 Å². The lowest BCUT2D eigenvalue weighted by molar-refractivity contribution is -0.200. The Morgan fingerprint density at radius 3 is 2.53 bits per heavy atom. The van der Waals surface area contributed by atoms with Gasteiger partial charge in [0.25, 0.3) is 0 Å².